The smallest absolute Gasteiger partial charge is 0.251 e. The van der Waals surface area contributed by atoms with Crippen LogP contribution in [0, 0.1) is 0 Å². The minimum Gasteiger partial charge on any atom is -0.341 e. The van der Waals surface area contributed by atoms with Crippen molar-refractivity contribution in [1.82, 2.24) is 25.1 Å². The molecule has 7 nitrogen and oxygen atoms in total. The lowest BCUT2D eigenvalue weighted by atomic mass is 10.0. The summed E-state index contributed by atoms with van der Waals surface area (Å²) < 4.78 is 1.78. The number of carbonyl (C=O) groups is 1. The summed E-state index contributed by atoms with van der Waals surface area (Å²) in [6.45, 7) is 1.81. The third-order valence-corrected chi connectivity index (χ3v) is 6.12. The van der Waals surface area contributed by atoms with E-state index in [4.69, 9.17) is 11.6 Å². The minimum atomic E-state index is -0.168. The van der Waals surface area contributed by atoms with Gasteiger partial charge in [0.05, 0.1) is 5.70 Å². The molecule has 0 radical (unpaired) electrons. The fraction of sp³-hybridized carbons (Fsp3) is 0.304. The Morgan fingerprint density at radius 2 is 1.74 bits per heavy atom. The van der Waals surface area contributed by atoms with Gasteiger partial charge >= 0.3 is 0 Å². The molecule has 3 aromatic rings. The van der Waals surface area contributed by atoms with Crippen LogP contribution in [-0.4, -0.2) is 50.6 Å². The van der Waals surface area contributed by atoms with E-state index >= 15 is 0 Å². The van der Waals surface area contributed by atoms with Gasteiger partial charge in [0.1, 0.15) is 12.6 Å². The van der Waals surface area contributed by atoms with Gasteiger partial charge in [-0.2, -0.15) is 4.68 Å². The van der Waals surface area contributed by atoms with Gasteiger partial charge < -0.3 is 4.90 Å². The second kappa shape index (κ2) is 8.51. The van der Waals surface area contributed by atoms with Crippen LogP contribution < -0.4 is 4.90 Å². The van der Waals surface area contributed by atoms with Crippen molar-refractivity contribution in [1.29, 1.82) is 0 Å². The van der Waals surface area contributed by atoms with Crippen LogP contribution in [0.15, 0.2) is 60.7 Å². The third kappa shape index (κ3) is 3.93. The highest BCUT2D eigenvalue weighted by molar-refractivity contribution is 6.30. The number of allylic oxidation sites excluding steroid dienone is 1. The molecule has 0 N–H and O–H groups in total. The number of carbonyl (C=O) groups excluding carboxylic acids is 1. The summed E-state index contributed by atoms with van der Waals surface area (Å²) in [5.41, 5.74) is 2.94. The molecule has 0 unspecified atom stereocenters. The number of fused-ring (bicyclic) bond motifs is 1. The number of hydrogen-bond donors (Lipinski definition) is 0. The summed E-state index contributed by atoms with van der Waals surface area (Å²) in [6.07, 6.45) is 5.41. The molecule has 8 heteroatoms. The molecule has 5 rings (SSSR count). The predicted octanol–water partition coefficient (Wildman–Crippen LogP) is 3.79. The Morgan fingerprint density at radius 1 is 1.00 bits per heavy atom. The molecule has 2 aromatic carbocycles. The molecule has 31 heavy (non-hydrogen) atoms. The first-order valence-corrected chi connectivity index (χ1v) is 10.9. The predicted molar refractivity (Wildman–Crippen MR) is 120 cm³/mol. The van der Waals surface area contributed by atoms with Crippen LogP contribution >= 0.6 is 11.6 Å². The third-order valence-electron chi connectivity index (χ3n) is 5.87. The van der Waals surface area contributed by atoms with Crippen molar-refractivity contribution < 1.29 is 4.79 Å². The molecular weight excluding hydrogens is 412 g/mol. The van der Waals surface area contributed by atoms with Crippen molar-refractivity contribution in [3.05, 3.63) is 76.8 Å². The van der Waals surface area contributed by atoms with E-state index in [1.807, 2.05) is 52.3 Å². The summed E-state index contributed by atoms with van der Waals surface area (Å²) >= 11 is 6.13. The number of anilines is 1. The number of aromatic nitrogens is 4. The number of benzene rings is 2. The summed E-state index contributed by atoms with van der Waals surface area (Å²) in [5, 5.41) is 13.1. The lowest BCUT2D eigenvalue weighted by Crippen LogP contribution is -2.44. The van der Waals surface area contributed by atoms with E-state index < -0.39 is 0 Å². The summed E-state index contributed by atoms with van der Waals surface area (Å²) in [5.74, 6) is 0.652. The van der Waals surface area contributed by atoms with Crippen LogP contribution in [0.4, 0.5) is 5.95 Å². The fourth-order valence-corrected chi connectivity index (χ4v) is 4.39. The van der Waals surface area contributed by atoms with E-state index in [2.05, 4.69) is 33.7 Å². The molecule has 2 aliphatic rings. The van der Waals surface area contributed by atoms with Crippen LogP contribution in [0.3, 0.4) is 0 Å². The van der Waals surface area contributed by atoms with Gasteiger partial charge in [0.2, 0.25) is 5.91 Å². The highest BCUT2D eigenvalue weighted by Gasteiger charge is 2.33. The topological polar surface area (TPSA) is 67.2 Å². The number of tetrazole rings is 1. The van der Waals surface area contributed by atoms with Gasteiger partial charge in [-0.3, -0.25) is 9.69 Å². The average molecular weight is 435 g/mol. The van der Waals surface area contributed by atoms with E-state index in [1.54, 1.807) is 4.68 Å². The van der Waals surface area contributed by atoms with Crippen LogP contribution in [0.5, 0.6) is 0 Å². The molecule has 1 saturated heterocycles. The van der Waals surface area contributed by atoms with Crippen molar-refractivity contribution in [2.75, 3.05) is 24.5 Å². The number of amides is 1. The Balaban J connectivity index is 1.56. The van der Waals surface area contributed by atoms with Crippen molar-refractivity contribution in [3.8, 4) is 0 Å². The molecule has 1 atom stereocenters. The van der Waals surface area contributed by atoms with Gasteiger partial charge in [0.25, 0.3) is 5.95 Å². The maximum atomic E-state index is 13.1. The molecule has 1 amide bonds. The maximum absolute atomic E-state index is 13.1. The number of piperidine rings is 1. The highest BCUT2D eigenvalue weighted by atomic mass is 35.5. The molecule has 0 bridgehead atoms. The standard InChI is InChI=1S/C23H23ClN6O/c24-19-11-9-18(10-12-19)20-15-21(17-7-3-1-4-8-17)30-23(25-26-27-30)29(20)16-22(31)28-13-5-2-6-14-28/h1,3-4,7-12,15,21H,2,5-6,13-14,16H2/t21-/m0/s1. The van der Waals surface area contributed by atoms with Gasteiger partial charge in [-0.15, -0.1) is 0 Å². The van der Waals surface area contributed by atoms with Crippen LogP contribution in [-0.2, 0) is 4.79 Å². The zero-order valence-corrected chi connectivity index (χ0v) is 17.8. The van der Waals surface area contributed by atoms with Crippen LogP contribution in [0.1, 0.15) is 36.4 Å². The van der Waals surface area contributed by atoms with Crippen molar-refractivity contribution in [2.24, 2.45) is 0 Å². The van der Waals surface area contributed by atoms with Crippen molar-refractivity contribution in [2.45, 2.75) is 25.3 Å². The zero-order chi connectivity index (χ0) is 21.2. The first-order valence-electron chi connectivity index (χ1n) is 10.6. The van der Waals surface area contributed by atoms with Gasteiger partial charge in [0, 0.05) is 18.1 Å². The molecule has 0 saturated carbocycles. The van der Waals surface area contributed by atoms with E-state index in [0.717, 1.165) is 42.8 Å². The van der Waals surface area contributed by atoms with E-state index in [1.165, 1.54) is 6.42 Å². The van der Waals surface area contributed by atoms with Crippen LogP contribution in [0.25, 0.3) is 5.70 Å². The summed E-state index contributed by atoms with van der Waals surface area (Å²) in [7, 11) is 0. The Morgan fingerprint density at radius 3 is 2.48 bits per heavy atom. The second-order valence-electron chi connectivity index (χ2n) is 7.87. The molecule has 2 aliphatic heterocycles. The van der Waals surface area contributed by atoms with Gasteiger partial charge in [0.15, 0.2) is 0 Å². The number of likely N-dealkylation sites (tertiary alicyclic amines) is 1. The Kier molecular flexibility index (Phi) is 5.42. The lowest BCUT2D eigenvalue weighted by molar-refractivity contribution is -0.130. The van der Waals surface area contributed by atoms with E-state index in [9.17, 15) is 4.79 Å². The van der Waals surface area contributed by atoms with Crippen molar-refractivity contribution >= 4 is 29.2 Å². The Labute approximate surface area is 185 Å². The average Bonchev–Trinajstić information content (AvgIpc) is 3.31. The number of halogens is 1. The Bertz CT molecular complexity index is 1090. The molecular formula is C23H23ClN6O. The van der Waals surface area contributed by atoms with E-state index in [0.29, 0.717) is 11.0 Å². The largest absolute Gasteiger partial charge is 0.341 e. The molecule has 3 heterocycles. The lowest BCUT2D eigenvalue weighted by Gasteiger charge is -2.35. The fourth-order valence-electron chi connectivity index (χ4n) is 4.26. The minimum absolute atomic E-state index is 0.0901. The molecule has 1 fully saturated rings. The summed E-state index contributed by atoms with van der Waals surface area (Å²) in [4.78, 5) is 17.0. The Hall–Kier alpha value is -3.19. The highest BCUT2D eigenvalue weighted by Crippen LogP contribution is 2.36. The molecule has 158 valence electrons. The number of nitrogens with zero attached hydrogens (tertiary/aromatic N) is 6. The number of rotatable bonds is 4. The van der Waals surface area contributed by atoms with Gasteiger partial charge in [-0.1, -0.05) is 59.2 Å². The van der Waals surface area contributed by atoms with E-state index in [-0.39, 0.29) is 18.5 Å². The first kappa shape index (κ1) is 19.8. The zero-order valence-electron chi connectivity index (χ0n) is 17.1. The first-order chi connectivity index (χ1) is 15.2. The monoisotopic (exact) mass is 434 g/mol. The molecule has 0 aliphatic carbocycles. The normalized spacial score (nSPS) is 18.5. The quantitative estimate of drug-likeness (QED) is 0.625. The molecule has 1 aromatic heterocycles. The van der Waals surface area contributed by atoms with Gasteiger partial charge in [-0.25, -0.2) is 0 Å². The maximum Gasteiger partial charge on any atom is 0.251 e. The van der Waals surface area contributed by atoms with Crippen molar-refractivity contribution in [3.63, 3.8) is 0 Å². The summed E-state index contributed by atoms with van der Waals surface area (Å²) in [6, 6.07) is 17.6. The number of hydrogen-bond acceptors (Lipinski definition) is 5. The molecule has 0 spiro atoms. The second-order valence-corrected chi connectivity index (χ2v) is 8.30. The van der Waals surface area contributed by atoms with Gasteiger partial charge in [-0.05, 0) is 59.0 Å². The van der Waals surface area contributed by atoms with Crippen LogP contribution in [0.2, 0.25) is 5.02 Å². The SMILES string of the molecule is O=C(CN1C(c2ccc(Cl)cc2)=C[C@@H](c2ccccc2)n2nnnc21)N1CCCCC1.